The average molecular weight is 292 g/mol. The zero-order valence-corrected chi connectivity index (χ0v) is 9.72. The molecular weight excluding hydrogens is 283 g/mol. The zero-order valence-electron chi connectivity index (χ0n) is 6.67. The van der Waals surface area contributed by atoms with Crippen LogP contribution in [0.15, 0.2) is 23.1 Å². The molecule has 0 saturated heterocycles. The molecule has 0 N–H and O–H groups in total. The Hall–Kier alpha value is -0.0300. The fraction of sp³-hybridized carbons (Fsp3) is 0.222. The van der Waals surface area contributed by atoms with E-state index >= 15 is 0 Å². The van der Waals surface area contributed by atoms with Crippen LogP contribution in [0.1, 0.15) is 23.7 Å². The van der Waals surface area contributed by atoms with Gasteiger partial charge in [0.2, 0.25) is 0 Å². The minimum Gasteiger partial charge on any atom is -0.294 e. The Bertz CT molecular complexity index is 309. The van der Waals surface area contributed by atoms with Gasteiger partial charge in [0, 0.05) is 20.4 Å². The van der Waals surface area contributed by atoms with Crippen LogP contribution < -0.4 is 0 Å². The van der Waals surface area contributed by atoms with Crippen LogP contribution >= 0.6 is 35.2 Å². The van der Waals surface area contributed by atoms with Gasteiger partial charge in [-0.3, -0.25) is 4.79 Å². The Morgan fingerprint density at radius 3 is 2.83 bits per heavy atom. The molecule has 3 heteroatoms. The molecule has 1 rings (SSSR count). The summed E-state index contributed by atoms with van der Waals surface area (Å²) in [7, 11) is 0. The molecule has 0 amide bonds. The summed E-state index contributed by atoms with van der Waals surface area (Å²) in [5.41, 5.74) is 0.729. The molecule has 0 unspecified atom stereocenters. The maximum absolute atomic E-state index is 11.3. The highest BCUT2D eigenvalue weighted by molar-refractivity contribution is 14.1. The molecular formula is C9H9IOS. The van der Waals surface area contributed by atoms with Crippen molar-refractivity contribution in [1.82, 2.24) is 0 Å². The lowest BCUT2D eigenvalue weighted by Crippen LogP contribution is -1.98. The maximum atomic E-state index is 11.3. The molecule has 1 aromatic carbocycles. The molecule has 0 saturated carbocycles. The quantitative estimate of drug-likeness (QED) is 0.503. The van der Waals surface area contributed by atoms with Crippen molar-refractivity contribution in [2.24, 2.45) is 0 Å². The van der Waals surface area contributed by atoms with Crippen LogP contribution in [-0.2, 0) is 0 Å². The van der Waals surface area contributed by atoms with Gasteiger partial charge in [-0.15, -0.1) is 12.6 Å². The number of thiol groups is 1. The number of halogens is 1. The molecule has 0 aliphatic carbocycles. The van der Waals surface area contributed by atoms with E-state index in [2.05, 4.69) is 35.2 Å². The van der Waals surface area contributed by atoms with Crippen LogP contribution in [0.2, 0.25) is 0 Å². The molecule has 0 aliphatic rings. The molecule has 0 heterocycles. The van der Waals surface area contributed by atoms with E-state index in [1.54, 1.807) is 0 Å². The van der Waals surface area contributed by atoms with E-state index in [0.717, 1.165) is 14.0 Å². The SMILES string of the molecule is CCC(=O)c1cc(I)ccc1S. The van der Waals surface area contributed by atoms with Crippen LogP contribution in [0.5, 0.6) is 0 Å². The van der Waals surface area contributed by atoms with Crippen molar-refractivity contribution in [2.75, 3.05) is 0 Å². The first-order valence-corrected chi connectivity index (χ1v) is 5.19. The lowest BCUT2D eigenvalue weighted by Gasteiger charge is -2.02. The summed E-state index contributed by atoms with van der Waals surface area (Å²) in [5.74, 6) is 0.151. The van der Waals surface area contributed by atoms with E-state index in [4.69, 9.17) is 0 Å². The second kappa shape index (κ2) is 4.28. The Morgan fingerprint density at radius 1 is 1.58 bits per heavy atom. The first-order valence-electron chi connectivity index (χ1n) is 3.67. The highest BCUT2D eigenvalue weighted by Gasteiger charge is 2.06. The van der Waals surface area contributed by atoms with Crippen LogP contribution in [0, 0.1) is 3.57 Å². The van der Waals surface area contributed by atoms with E-state index in [1.807, 2.05) is 25.1 Å². The highest BCUT2D eigenvalue weighted by atomic mass is 127. The third-order valence-corrected chi connectivity index (χ3v) is 2.64. The second-order valence-electron chi connectivity index (χ2n) is 2.44. The van der Waals surface area contributed by atoms with Crippen LogP contribution in [-0.4, -0.2) is 5.78 Å². The van der Waals surface area contributed by atoms with Crippen molar-refractivity contribution in [3.05, 3.63) is 27.3 Å². The number of benzene rings is 1. The van der Waals surface area contributed by atoms with Gasteiger partial charge in [-0.1, -0.05) is 6.92 Å². The van der Waals surface area contributed by atoms with Gasteiger partial charge >= 0.3 is 0 Å². The fourth-order valence-electron chi connectivity index (χ4n) is 0.922. The number of hydrogen-bond donors (Lipinski definition) is 1. The van der Waals surface area contributed by atoms with Crippen molar-refractivity contribution < 1.29 is 4.79 Å². The van der Waals surface area contributed by atoms with Crippen molar-refractivity contribution in [3.63, 3.8) is 0 Å². The van der Waals surface area contributed by atoms with Gasteiger partial charge in [0.05, 0.1) is 0 Å². The van der Waals surface area contributed by atoms with Crippen LogP contribution in [0.3, 0.4) is 0 Å². The lowest BCUT2D eigenvalue weighted by molar-refractivity contribution is 0.0985. The highest BCUT2D eigenvalue weighted by Crippen LogP contribution is 2.18. The van der Waals surface area contributed by atoms with Crippen molar-refractivity contribution in [3.8, 4) is 0 Å². The molecule has 0 atom stereocenters. The predicted molar refractivity (Wildman–Crippen MR) is 61.0 cm³/mol. The summed E-state index contributed by atoms with van der Waals surface area (Å²) < 4.78 is 1.07. The topological polar surface area (TPSA) is 17.1 Å². The predicted octanol–water partition coefficient (Wildman–Crippen LogP) is 3.17. The minimum absolute atomic E-state index is 0.151. The molecule has 1 aromatic rings. The van der Waals surface area contributed by atoms with Gasteiger partial charge in [0.15, 0.2) is 5.78 Å². The van der Waals surface area contributed by atoms with Crippen molar-refractivity contribution >= 4 is 41.0 Å². The number of carbonyl (C=O) groups is 1. The molecule has 0 aromatic heterocycles. The molecule has 0 radical (unpaired) electrons. The Labute approximate surface area is 91.1 Å². The monoisotopic (exact) mass is 292 g/mol. The van der Waals surface area contributed by atoms with Gasteiger partial charge in [0.25, 0.3) is 0 Å². The third-order valence-electron chi connectivity index (χ3n) is 1.58. The zero-order chi connectivity index (χ0) is 9.14. The van der Waals surface area contributed by atoms with Gasteiger partial charge < -0.3 is 0 Å². The number of Topliss-reactive ketones (excluding diaryl/α,β-unsaturated/α-hetero) is 1. The maximum Gasteiger partial charge on any atom is 0.163 e. The first kappa shape index (κ1) is 10.1. The normalized spacial score (nSPS) is 9.92. The van der Waals surface area contributed by atoms with E-state index in [0.29, 0.717) is 6.42 Å². The standard InChI is InChI=1S/C9H9IOS/c1-2-8(11)7-5-6(10)3-4-9(7)12/h3-5,12H,2H2,1H3. The number of hydrogen-bond acceptors (Lipinski definition) is 2. The molecule has 0 spiro atoms. The molecule has 12 heavy (non-hydrogen) atoms. The van der Waals surface area contributed by atoms with Gasteiger partial charge in [-0.05, 0) is 40.8 Å². The Balaban J connectivity index is 3.13. The van der Waals surface area contributed by atoms with E-state index in [1.165, 1.54) is 0 Å². The van der Waals surface area contributed by atoms with Crippen LogP contribution in [0.25, 0.3) is 0 Å². The average Bonchev–Trinajstić information content (AvgIpc) is 2.08. The summed E-state index contributed by atoms with van der Waals surface area (Å²) in [6.45, 7) is 1.86. The minimum atomic E-state index is 0.151. The lowest BCUT2D eigenvalue weighted by atomic mass is 10.1. The largest absolute Gasteiger partial charge is 0.294 e. The van der Waals surface area contributed by atoms with Crippen LogP contribution in [0.4, 0.5) is 0 Å². The van der Waals surface area contributed by atoms with Crippen molar-refractivity contribution in [1.29, 1.82) is 0 Å². The number of carbonyl (C=O) groups excluding carboxylic acids is 1. The van der Waals surface area contributed by atoms with E-state index in [9.17, 15) is 4.79 Å². The molecule has 64 valence electrons. The molecule has 0 fully saturated rings. The molecule has 0 bridgehead atoms. The summed E-state index contributed by atoms with van der Waals surface area (Å²) in [4.78, 5) is 12.1. The second-order valence-corrected chi connectivity index (χ2v) is 4.17. The van der Waals surface area contributed by atoms with Gasteiger partial charge in [-0.25, -0.2) is 0 Å². The van der Waals surface area contributed by atoms with Crippen molar-refractivity contribution in [2.45, 2.75) is 18.2 Å². The fourth-order valence-corrected chi connectivity index (χ4v) is 1.68. The summed E-state index contributed by atoms with van der Waals surface area (Å²) in [5, 5.41) is 0. The third kappa shape index (κ3) is 2.23. The smallest absolute Gasteiger partial charge is 0.163 e. The summed E-state index contributed by atoms with van der Waals surface area (Å²) in [6.07, 6.45) is 0.535. The summed E-state index contributed by atoms with van der Waals surface area (Å²) >= 11 is 6.40. The molecule has 0 aliphatic heterocycles. The Kier molecular flexibility index (Phi) is 3.58. The van der Waals surface area contributed by atoms with Gasteiger partial charge in [-0.2, -0.15) is 0 Å². The first-order chi connectivity index (χ1) is 5.65. The van der Waals surface area contributed by atoms with E-state index in [-0.39, 0.29) is 5.78 Å². The van der Waals surface area contributed by atoms with Gasteiger partial charge in [0.1, 0.15) is 0 Å². The molecule has 1 nitrogen and oxygen atoms in total. The number of rotatable bonds is 2. The Morgan fingerprint density at radius 2 is 2.25 bits per heavy atom. The number of ketones is 1. The van der Waals surface area contributed by atoms with E-state index < -0.39 is 0 Å². The summed E-state index contributed by atoms with van der Waals surface area (Å²) in [6, 6.07) is 5.66.